The second-order valence-electron chi connectivity index (χ2n) is 6.96. The second-order valence-corrected chi connectivity index (χ2v) is 6.96. The first kappa shape index (κ1) is 21.0. The minimum absolute atomic E-state index is 0.0391. The maximum absolute atomic E-state index is 13.2. The van der Waals surface area contributed by atoms with Gasteiger partial charge in [-0.15, -0.1) is 0 Å². The number of nitrogen functional groups attached to an aromatic ring is 1. The van der Waals surface area contributed by atoms with Crippen molar-refractivity contribution >= 4 is 11.6 Å². The molecule has 0 atom stereocenters. The average Bonchev–Trinajstić information content (AvgIpc) is 2.82. The van der Waals surface area contributed by atoms with Gasteiger partial charge in [0.1, 0.15) is 30.0 Å². The molecule has 1 aliphatic heterocycles. The van der Waals surface area contributed by atoms with Gasteiger partial charge < -0.3 is 24.8 Å². The first-order valence-corrected chi connectivity index (χ1v) is 9.84. The highest BCUT2D eigenvalue weighted by molar-refractivity contribution is 5.59. The topological polar surface area (TPSA) is 132 Å². The Morgan fingerprint density at radius 2 is 1.84 bits per heavy atom. The van der Waals surface area contributed by atoms with Crippen molar-refractivity contribution in [2.75, 3.05) is 30.8 Å². The lowest BCUT2D eigenvalue weighted by molar-refractivity contribution is 0.156. The van der Waals surface area contributed by atoms with E-state index >= 15 is 0 Å². The van der Waals surface area contributed by atoms with Crippen LogP contribution in [0.2, 0.25) is 0 Å². The summed E-state index contributed by atoms with van der Waals surface area (Å²) >= 11 is 0. The maximum Gasteiger partial charge on any atom is 0.318 e. The predicted octanol–water partition coefficient (Wildman–Crippen LogP) is 2.71. The molecule has 1 aromatic carbocycles. The number of aromatic nitrogens is 4. The Bertz CT molecular complexity index is 1130. The van der Waals surface area contributed by atoms with Crippen LogP contribution < -0.4 is 24.8 Å². The van der Waals surface area contributed by atoms with E-state index in [1.54, 1.807) is 31.4 Å². The van der Waals surface area contributed by atoms with Gasteiger partial charge in [0.05, 0.1) is 13.3 Å². The van der Waals surface area contributed by atoms with Crippen LogP contribution in [-0.2, 0) is 0 Å². The van der Waals surface area contributed by atoms with Gasteiger partial charge in [0.2, 0.25) is 5.88 Å². The number of ether oxygens (including phenoxy) is 3. The Labute approximate surface area is 183 Å². The molecular weight excluding hydrogens is 417 g/mol. The first-order chi connectivity index (χ1) is 15.6. The summed E-state index contributed by atoms with van der Waals surface area (Å²) < 4.78 is 29.9. The molecule has 1 aliphatic rings. The Morgan fingerprint density at radius 3 is 2.50 bits per heavy atom. The standard InChI is InChI=1S/C21H20FN7O3/c1-30-13-2-4-14(5-3-13)31-20-16(10-23)19(26-12-27-20)29-8-6-15(7-9-29)32-21-25-11-17(22)18(24)28-21/h2-5,11-12,15H,6-9H2,1H3,(H2,24,25,28). The number of hydrogen-bond acceptors (Lipinski definition) is 10. The quantitative estimate of drug-likeness (QED) is 0.614. The minimum Gasteiger partial charge on any atom is -0.497 e. The number of benzene rings is 1. The second kappa shape index (κ2) is 9.30. The van der Waals surface area contributed by atoms with Gasteiger partial charge in [0.25, 0.3) is 0 Å². The van der Waals surface area contributed by atoms with Gasteiger partial charge in [0, 0.05) is 25.9 Å². The number of piperidine rings is 1. The monoisotopic (exact) mass is 437 g/mol. The molecule has 3 aromatic rings. The van der Waals surface area contributed by atoms with Crippen LogP contribution in [0.1, 0.15) is 18.4 Å². The van der Waals surface area contributed by atoms with Crippen LogP contribution in [0.5, 0.6) is 23.4 Å². The molecule has 0 unspecified atom stereocenters. The molecule has 2 aromatic heterocycles. The number of nitriles is 1. The molecule has 0 aliphatic carbocycles. The van der Waals surface area contributed by atoms with Gasteiger partial charge in [-0.05, 0) is 24.3 Å². The zero-order valence-corrected chi connectivity index (χ0v) is 17.2. The van der Waals surface area contributed by atoms with Gasteiger partial charge in [-0.25, -0.2) is 19.3 Å². The molecule has 3 heterocycles. The third-order valence-corrected chi connectivity index (χ3v) is 4.94. The molecule has 2 N–H and O–H groups in total. The van der Waals surface area contributed by atoms with E-state index in [0.29, 0.717) is 43.2 Å². The summed E-state index contributed by atoms with van der Waals surface area (Å²) in [5.74, 6) is 0.949. The van der Waals surface area contributed by atoms with Gasteiger partial charge in [-0.2, -0.15) is 10.2 Å². The molecular formula is C21H20FN7O3. The van der Waals surface area contributed by atoms with Gasteiger partial charge in [-0.3, -0.25) is 0 Å². The minimum atomic E-state index is -0.687. The van der Waals surface area contributed by atoms with Crippen molar-refractivity contribution in [3.63, 3.8) is 0 Å². The summed E-state index contributed by atoms with van der Waals surface area (Å²) in [6.45, 7) is 1.16. The zero-order chi connectivity index (χ0) is 22.5. The van der Waals surface area contributed by atoms with Gasteiger partial charge in [0.15, 0.2) is 23.0 Å². The lowest BCUT2D eigenvalue weighted by Gasteiger charge is -2.32. The number of nitrogens with zero attached hydrogens (tertiary/aromatic N) is 6. The molecule has 32 heavy (non-hydrogen) atoms. The van der Waals surface area contributed by atoms with Crippen molar-refractivity contribution in [1.29, 1.82) is 5.26 Å². The first-order valence-electron chi connectivity index (χ1n) is 9.84. The van der Waals surface area contributed by atoms with Crippen LogP contribution in [0.15, 0.2) is 36.8 Å². The van der Waals surface area contributed by atoms with Crippen LogP contribution in [0.25, 0.3) is 0 Å². The molecule has 1 fully saturated rings. The molecule has 10 nitrogen and oxygen atoms in total. The van der Waals surface area contributed by atoms with Crippen molar-refractivity contribution in [1.82, 2.24) is 19.9 Å². The van der Waals surface area contributed by atoms with E-state index in [9.17, 15) is 9.65 Å². The fourth-order valence-corrected chi connectivity index (χ4v) is 3.29. The van der Waals surface area contributed by atoms with E-state index < -0.39 is 5.82 Å². The normalized spacial score (nSPS) is 14.0. The van der Waals surface area contributed by atoms with Crippen LogP contribution in [0.3, 0.4) is 0 Å². The molecule has 0 amide bonds. The molecule has 0 radical (unpaired) electrons. The van der Waals surface area contributed by atoms with Crippen molar-refractivity contribution in [3.05, 3.63) is 48.2 Å². The fourth-order valence-electron chi connectivity index (χ4n) is 3.29. The third-order valence-electron chi connectivity index (χ3n) is 4.94. The largest absolute Gasteiger partial charge is 0.497 e. The molecule has 0 saturated carbocycles. The summed E-state index contributed by atoms with van der Waals surface area (Å²) in [5, 5.41) is 9.74. The van der Waals surface area contributed by atoms with Gasteiger partial charge in [-0.1, -0.05) is 0 Å². The molecule has 164 valence electrons. The summed E-state index contributed by atoms with van der Waals surface area (Å²) in [7, 11) is 1.58. The van der Waals surface area contributed by atoms with E-state index in [-0.39, 0.29) is 29.4 Å². The SMILES string of the molecule is COc1ccc(Oc2ncnc(N3CCC(Oc4ncc(F)c(N)n4)CC3)c2C#N)cc1. The van der Waals surface area contributed by atoms with E-state index in [1.807, 2.05) is 4.90 Å². The zero-order valence-electron chi connectivity index (χ0n) is 17.2. The number of anilines is 2. The third kappa shape index (κ3) is 4.59. The van der Waals surface area contributed by atoms with E-state index in [4.69, 9.17) is 19.9 Å². The molecule has 1 saturated heterocycles. The highest BCUT2D eigenvalue weighted by atomic mass is 19.1. The number of halogens is 1. The number of nitrogens with two attached hydrogens (primary N) is 1. The predicted molar refractivity (Wildman–Crippen MR) is 112 cm³/mol. The Kier molecular flexibility index (Phi) is 6.12. The molecule has 4 rings (SSSR count). The molecule has 0 bridgehead atoms. The van der Waals surface area contributed by atoms with Crippen LogP contribution in [0.4, 0.5) is 16.0 Å². The Balaban J connectivity index is 1.44. The number of methoxy groups -OCH3 is 1. The fraction of sp³-hybridized carbons (Fsp3) is 0.286. The van der Waals surface area contributed by atoms with Crippen LogP contribution >= 0.6 is 0 Å². The summed E-state index contributed by atoms with van der Waals surface area (Å²) in [6, 6.07) is 9.16. The summed E-state index contributed by atoms with van der Waals surface area (Å²) in [5.41, 5.74) is 5.71. The number of hydrogen-bond donors (Lipinski definition) is 1. The smallest absolute Gasteiger partial charge is 0.318 e. The average molecular weight is 437 g/mol. The van der Waals surface area contributed by atoms with Crippen molar-refractivity contribution < 1.29 is 18.6 Å². The van der Waals surface area contributed by atoms with E-state index in [2.05, 4.69) is 26.0 Å². The number of rotatable bonds is 6. The lowest BCUT2D eigenvalue weighted by Crippen LogP contribution is -2.39. The summed E-state index contributed by atoms with van der Waals surface area (Å²) in [4.78, 5) is 18.0. The van der Waals surface area contributed by atoms with E-state index in [0.717, 1.165) is 6.20 Å². The lowest BCUT2D eigenvalue weighted by atomic mass is 10.1. The van der Waals surface area contributed by atoms with E-state index in [1.165, 1.54) is 6.33 Å². The summed E-state index contributed by atoms with van der Waals surface area (Å²) in [6.07, 6.45) is 3.44. The van der Waals surface area contributed by atoms with Crippen LogP contribution in [0, 0.1) is 17.1 Å². The Hall–Kier alpha value is -4.20. The van der Waals surface area contributed by atoms with Gasteiger partial charge >= 0.3 is 6.01 Å². The Morgan fingerprint density at radius 1 is 1.12 bits per heavy atom. The van der Waals surface area contributed by atoms with Crippen LogP contribution in [-0.4, -0.2) is 46.2 Å². The van der Waals surface area contributed by atoms with Crippen molar-refractivity contribution in [2.24, 2.45) is 0 Å². The molecule has 11 heteroatoms. The maximum atomic E-state index is 13.2. The highest BCUT2D eigenvalue weighted by Gasteiger charge is 2.26. The van der Waals surface area contributed by atoms with Crippen molar-refractivity contribution in [3.8, 4) is 29.5 Å². The highest BCUT2D eigenvalue weighted by Crippen LogP contribution is 2.31. The van der Waals surface area contributed by atoms with Crippen molar-refractivity contribution in [2.45, 2.75) is 18.9 Å². The molecule has 0 spiro atoms.